The largest absolute Gasteiger partial charge is 0.377 e. The van der Waals surface area contributed by atoms with Crippen LogP contribution >= 0.6 is 0 Å². The fourth-order valence-electron chi connectivity index (χ4n) is 2.02. The molecular weight excluding hydrogens is 232 g/mol. The zero-order valence-corrected chi connectivity index (χ0v) is 10.7. The fraction of sp³-hybridized carbons (Fsp3) is 0.667. The average molecular weight is 252 g/mol. The van der Waals surface area contributed by atoms with Crippen LogP contribution < -0.4 is 5.32 Å². The molecule has 0 radical (unpaired) electrons. The molecule has 18 heavy (non-hydrogen) atoms. The van der Waals surface area contributed by atoms with Crippen molar-refractivity contribution in [2.45, 2.75) is 25.9 Å². The van der Waals surface area contributed by atoms with Crippen LogP contribution in [0.3, 0.4) is 0 Å². The Balaban J connectivity index is 1.73. The highest BCUT2D eigenvalue weighted by Gasteiger charge is 2.19. The lowest BCUT2D eigenvalue weighted by Crippen LogP contribution is -2.43. The maximum Gasteiger partial charge on any atom is 0.317 e. The van der Waals surface area contributed by atoms with E-state index in [1.807, 2.05) is 11.8 Å². The molecule has 2 rings (SSSR count). The Morgan fingerprint density at radius 2 is 2.61 bits per heavy atom. The number of imidazole rings is 1. The van der Waals surface area contributed by atoms with Gasteiger partial charge in [-0.05, 0) is 13.3 Å². The monoisotopic (exact) mass is 252 g/mol. The summed E-state index contributed by atoms with van der Waals surface area (Å²) in [5.41, 5.74) is 1.03. The highest BCUT2D eigenvalue weighted by molar-refractivity contribution is 5.74. The molecule has 1 saturated heterocycles. The van der Waals surface area contributed by atoms with Gasteiger partial charge in [0.25, 0.3) is 0 Å². The maximum absolute atomic E-state index is 12.0. The number of nitrogens with zero attached hydrogens (tertiary/aromatic N) is 2. The van der Waals surface area contributed by atoms with Crippen LogP contribution in [0.2, 0.25) is 0 Å². The molecule has 6 nitrogen and oxygen atoms in total. The van der Waals surface area contributed by atoms with Gasteiger partial charge in [0.2, 0.25) is 0 Å². The summed E-state index contributed by atoms with van der Waals surface area (Å²) < 4.78 is 5.51. The molecule has 0 aromatic carbocycles. The molecule has 2 N–H and O–H groups in total. The van der Waals surface area contributed by atoms with Crippen molar-refractivity contribution in [3.8, 4) is 0 Å². The summed E-state index contributed by atoms with van der Waals surface area (Å²) in [6.07, 6.45) is 5.20. The molecule has 100 valence electrons. The van der Waals surface area contributed by atoms with Crippen LogP contribution in [0.4, 0.5) is 4.79 Å². The predicted molar refractivity (Wildman–Crippen MR) is 67.3 cm³/mol. The zero-order valence-electron chi connectivity index (χ0n) is 10.7. The minimum atomic E-state index is -0.00753. The van der Waals surface area contributed by atoms with Crippen LogP contribution in [-0.2, 0) is 11.2 Å². The molecule has 2 amide bonds. The van der Waals surface area contributed by atoms with Crippen LogP contribution in [-0.4, -0.2) is 53.2 Å². The van der Waals surface area contributed by atoms with Gasteiger partial charge < -0.3 is 19.9 Å². The number of hydrogen-bond acceptors (Lipinski definition) is 3. The number of rotatable bonds is 3. The van der Waals surface area contributed by atoms with Crippen molar-refractivity contribution >= 4 is 6.03 Å². The Kier molecular flexibility index (Phi) is 4.58. The van der Waals surface area contributed by atoms with Crippen molar-refractivity contribution in [3.05, 3.63) is 18.2 Å². The molecular formula is C12H20N4O2. The molecule has 1 aromatic rings. The second-order valence-corrected chi connectivity index (χ2v) is 4.54. The first kappa shape index (κ1) is 12.9. The van der Waals surface area contributed by atoms with Crippen molar-refractivity contribution in [2.75, 3.05) is 26.2 Å². The molecule has 1 aliphatic rings. The minimum Gasteiger partial charge on any atom is -0.377 e. The van der Waals surface area contributed by atoms with Gasteiger partial charge >= 0.3 is 6.03 Å². The van der Waals surface area contributed by atoms with E-state index < -0.39 is 0 Å². The highest BCUT2D eigenvalue weighted by atomic mass is 16.5. The average Bonchev–Trinajstić information content (AvgIpc) is 2.77. The van der Waals surface area contributed by atoms with Crippen LogP contribution in [0.15, 0.2) is 12.5 Å². The van der Waals surface area contributed by atoms with Gasteiger partial charge in [0, 0.05) is 44.6 Å². The van der Waals surface area contributed by atoms with Crippen molar-refractivity contribution in [1.82, 2.24) is 20.2 Å². The van der Waals surface area contributed by atoms with Crippen LogP contribution in [0.1, 0.15) is 19.0 Å². The molecule has 6 heteroatoms. The number of ether oxygens (including phenoxy) is 1. The fourth-order valence-corrected chi connectivity index (χ4v) is 2.02. The Labute approximate surface area is 107 Å². The summed E-state index contributed by atoms with van der Waals surface area (Å²) in [4.78, 5) is 20.7. The molecule has 0 spiro atoms. The second-order valence-electron chi connectivity index (χ2n) is 4.54. The Morgan fingerprint density at radius 1 is 1.72 bits per heavy atom. The topological polar surface area (TPSA) is 70.2 Å². The minimum absolute atomic E-state index is 0.00753. The van der Waals surface area contributed by atoms with E-state index in [0.717, 1.165) is 31.7 Å². The van der Waals surface area contributed by atoms with E-state index in [2.05, 4.69) is 15.3 Å². The van der Waals surface area contributed by atoms with Gasteiger partial charge in [0.05, 0.1) is 12.4 Å². The molecule has 1 fully saturated rings. The molecule has 0 saturated carbocycles. The van der Waals surface area contributed by atoms with E-state index in [1.165, 1.54) is 0 Å². The number of carbonyl (C=O) groups excluding carboxylic acids is 1. The molecule has 0 aliphatic carbocycles. The van der Waals surface area contributed by atoms with Gasteiger partial charge in [-0.2, -0.15) is 0 Å². The van der Waals surface area contributed by atoms with Gasteiger partial charge in [-0.1, -0.05) is 0 Å². The Morgan fingerprint density at radius 3 is 3.39 bits per heavy atom. The molecule has 1 atom stereocenters. The Hall–Kier alpha value is -1.56. The van der Waals surface area contributed by atoms with E-state index in [4.69, 9.17) is 4.74 Å². The first-order valence-corrected chi connectivity index (χ1v) is 6.37. The van der Waals surface area contributed by atoms with Crippen molar-refractivity contribution < 1.29 is 9.53 Å². The lowest BCUT2D eigenvalue weighted by atomic mass is 10.3. The molecule has 1 aliphatic heterocycles. The summed E-state index contributed by atoms with van der Waals surface area (Å²) in [5.74, 6) is 0. The lowest BCUT2D eigenvalue weighted by Gasteiger charge is -2.22. The molecule has 1 aromatic heterocycles. The van der Waals surface area contributed by atoms with Gasteiger partial charge in [-0.25, -0.2) is 9.78 Å². The zero-order chi connectivity index (χ0) is 12.8. The number of hydrogen-bond donors (Lipinski definition) is 2. The van der Waals surface area contributed by atoms with Crippen LogP contribution in [0.5, 0.6) is 0 Å². The van der Waals surface area contributed by atoms with E-state index >= 15 is 0 Å². The predicted octanol–water partition coefficient (Wildman–Crippen LogP) is 0.773. The highest BCUT2D eigenvalue weighted by Crippen LogP contribution is 2.05. The number of aromatic nitrogens is 2. The number of aromatic amines is 1. The summed E-state index contributed by atoms with van der Waals surface area (Å²) in [6.45, 7) is 4.78. The smallest absolute Gasteiger partial charge is 0.317 e. The lowest BCUT2D eigenvalue weighted by molar-refractivity contribution is 0.0710. The maximum atomic E-state index is 12.0. The van der Waals surface area contributed by atoms with Gasteiger partial charge in [0.15, 0.2) is 0 Å². The third-order valence-electron chi connectivity index (χ3n) is 2.96. The molecule has 1 unspecified atom stereocenters. The van der Waals surface area contributed by atoms with Gasteiger partial charge in [-0.3, -0.25) is 0 Å². The number of carbonyl (C=O) groups is 1. The van der Waals surface area contributed by atoms with Crippen LogP contribution in [0, 0.1) is 0 Å². The van der Waals surface area contributed by atoms with E-state index in [0.29, 0.717) is 13.1 Å². The third-order valence-corrected chi connectivity index (χ3v) is 2.96. The number of urea groups is 1. The van der Waals surface area contributed by atoms with E-state index in [-0.39, 0.29) is 12.1 Å². The third kappa shape index (κ3) is 3.73. The molecule has 0 bridgehead atoms. The summed E-state index contributed by atoms with van der Waals surface area (Å²) in [6, 6.07) is -0.00753. The number of nitrogens with one attached hydrogen (secondary N) is 2. The van der Waals surface area contributed by atoms with Gasteiger partial charge in [-0.15, -0.1) is 0 Å². The quantitative estimate of drug-likeness (QED) is 0.835. The normalized spacial score (nSPS) is 20.5. The standard InChI is InChI=1S/C12H20N4O2/c1-10-8-16(5-2-6-18-10)12(17)14-4-3-11-7-13-9-15-11/h7,9-10H,2-6,8H2,1H3,(H,13,15)(H,14,17). The van der Waals surface area contributed by atoms with Crippen molar-refractivity contribution in [2.24, 2.45) is 0 Å². The first-order chi connectivity index (χ1) is 8.75. The number of H-pyrrole nitrogens is 1. The number of amides is 2. The SMILES string of the molecule is CC1CN(C(=O)NCCc2cnc[nH]2)CCCO1. The summed E-state index contributed by atoms with van der Waals surface area (Å²) >= 11 is 0. The Bertz CT molecular complexity index is 366. The van der Waals surface area contributed by atoms with Crippen LogP contribution in [0.25, 0.3) is 0 Å². The summed E-state index contributed by atoms with van der Waals surface area (Å²) in [7, 11) is 0. The van der Waals surface area contributed by atoms with Crippen molar-refractivity contribution in [1.29, 1.82) is 0 Å². The van der Waals surface area contributed by atoms with E-state index in [9.17, 15) is 4.79 Å². The summed E-state index contributed by atoms with van der Waals surface area (Å²) in [5, 5.41) is 2.92. The first-order valence-electron chi connectivity index (χ1n) is 6.37. The van der Waals surface area contributed by atoms with Crippen molar-refractivity contribution in [3.63, 3.8) is 0 Å². The van der Waals surface area contributed by atoms with E-state index in [1.54, 1.807) is 12.5 Å². The second kappa shape index (κ2) is 6.39. The van der Waals surface area contributed by atoms with Gasteiger partial charge in [0.1, 0.15) is 0 Å². The molecule has 2 heterocycles.